The second-order valence-corrected chi connectivity index (χ2v) is 6.62. The van der Waals surface area contributed by atoms with Crippen LogP contribution in [0.5, 0.6) is 0 Å². The Bertz CT molecular complexity index is 674. The molecule has 4 N–H and O–H groups in total. The Morgan fingerprint density at radius 2 is 1.91 bits per heavy atom. The second kappa shape index (κ2) is 6.46. The van der Waals surface area contributed by atoms with Crippen molar-refractivity contribution in [2.24, 2.45) is 5.73 Å². The second-order valence-electron chi connectivity index (χ2n) is 6.62. The molecule has 1 atom stereocenters. The largest absolute Gasteiger partial charge is 0.391 e. The minimum Gasteiger partial charge on any atom is -0.391 e. The Morgan fingerprint density at radius 1 is 1.23 bits per heavy atom. The molecule has 0 aliphatic carbocycles. The lowest BCUT2D eigenvalue weighted by molar-refractivity contribution is 0.0919. The molecule has 0 spiro atoms. The van der Waals surface area contributed by atoms with Crippen LogP contribution >= 0.6 is 0 Å². The standard InChI is InChI=1S/C18H24N2O2/c1-18(2,3)20-17(22)16-13(10-14(21)11-19)9-8-12-6-4-5-7-15(12)16/h4-9,14,21H,10-11,19H2,1-3H3,(H,20,22). The van der Waals surface area contributed by atoms with Gasteiger partial charge >= 0.3 is 0 Å². The molecule has 0 saturated carbocycles. The summed E-state index contributed by atoms with van der Waals surface area (Å²) in [6.45, 7) is 6.02. The van der Waals surface area contributed by atoms with Gasteiger partial charge in [0.1, 0.15) is 0 Å². The maximum Gasteiger partial charge on any atom is 0.252 e. The maximum atomic E-state index is 12.7. The monoisotopic (exact) mass is 300 g/mol. The third-order valence-electron chi connectivity index (χ3n) is 3.46. The van der Waals surface area contributed by atoms with E-state index in [0.717, 1.165) is 16.3 Å². The number of aliphatic hydroxyl groups excluding tert-OH is 1. The number of nitrogens with one attached hydrogen (secondary N) is 1. The molecule has 1 amide bonds. The number of rotatable bonds is 4. The number of carbonyl (C=O) groups excluding carboxylic acids is 1. The van der Waals surface area contributed by atoms with E-state index in [1.807, 2.05) is 57.2 Å². The van der Waals surface area contributed by atoms with Gasteiger partial charge in [-0.1, -0.05) is 36.4 Å². The fraction of sp³-hybridized carbons (Fsp3) is 0.389. The fourth-order valence-corrected chi connectivity index (χ4v) is 2.50. The Balaban J connectivity index is 2.54. The number of hydrogen-bond acceptors (Lipinski definition) is 3. The number of amides is 1. The van der Waals surface area contributed by atoms with Gasteiger partial charge in [-0.3, -0.25) is 4.79 Å². The summed E-state index contributed by atoms with van der Waals surface area (Å²) in [7, 11) is 0. The molecule has 0 saturated heterocycles. The van der Waals surface area contributed by atoms with Crippen LogP contribution in [0.3, 0.4) is 0 Å². The van der Waals surface area contributed by atoms with Crippen LogP contribution in [-0.4, -0.2) is 29.2 Å². The zero-order chi connectivity index (χ0) is 16.3. The molecule has 0 heterocycles. The lowest BCUT2D eigenvalue weighted by Crippen LogP contribution is -2.41. The molecular weight excluding hydrogens is 276 g/mol. The molecule has 0 aromatic heterocycles. The quantitative estimate of drug-likeness (QED) is 0.810. The van der Waals surface area contributed by atoms with E-state index in [4.69, 9.17) is 5.73 Å². The Labute approximate surface area is 131 Å². The van der Waals surface area contributed by atoms with E-state index >= 15 is 0 Å². The van der Waals surface area contributed by atoms with Crippen molar-refractivity contribution in [3.05, 3.63) is 47.5 Å². The Morgan fingerprint density at radius 3 is 2.55 bits per heavy atom. The highest BCUT2D eigenvalue weighted by atomic mass is 16.3. The first kappa shape index (κ1) is 16.5. The molecule has 118 valence electrons. The number of benzene rings is 2. The Hall–Kier alpha value is -1.91. The molecule has 2 rings (SSSR count). The number of aliphatic hydroxyl groups is 1. The average Bonchev–Trinajstić information content (AvgIpc) is 2.44. The molecule has 4 heteroatoms. The smallest absolute Gasteiger partial charge is 0.252 e. The summed E-state index contributed by atoms with van der Waals surface area (Å²) in [6.07, 6.45) is -0.281. The van der Waals surface area contributed by atoms with E-state index in [0.29, 0.717) is 12.0 Å². The third-order valence-corrected chi connectivity index (χ3v) is 3.46. The van der Waals surface area contributed by atoms with Crippen LogP contribution < -0.4 is 11.1 Å². The number of carbonyl (C=O) groups is 1. The Kier molecular flexibility index (Phi) is 4.84. The van der Waals surface area contributed by atoms with Crippen LogP contribution in [0.25, 0.3) is 10.8 Å². The van der Waals surface area contributed by atoms with Crippen LogP contribution in [0, 0.1) is 0 Å². The normalized spacial score (nSPS) is 13.1. The summed E-state index contributed by atoms with van der Waals surface area (Å²) in [5.41, 5.74) is 6.63. The highest BCUT2D eigenvalue weighted by Gasteiger charge is 2.21. The minimum absolute atomic E-state index is 0.122. The van der Waals surface area contributed by atoms with Crippen molar-refractivity contribution >= 4 is 16.7 Å². The molecule has 0 aliphatic heterocycles. The summed E-state index contributed by atoms with van der Waals surface area (Å²) in [5.74, 6) is -0.122. The van der Waals surface area contributed by atoms with Gasteiger partial charge in [0.2, 0.25) is 0 Å². The first-order chi connectivity index (χ1) is 10.3. The highest BCUT2D eigenvalue weighted by molar-refractivity contribution is 6.08. The molecule has 0 radical (unpaired) electrons. The van der Waals surface area contributed by atoms with Crippen molar-refractivity contribution in [2.45, 2.75) is 38.8 Å². The summed E-state index contributed by atoms with van der Waals surface area (Å²) in [4.78, 5) is 12.7. The molecule has 2 aromatic rings. The van der Waals surface area contributed by atoms with Crippen molar-refractivity contribution in [1.29, 1.82) is 0 Å². The van der Waals surface area contributed by atoms with Crippen LogP contribution in [0.4, 0.5) is 0 Å². The van der Waals surface area contributed by atoms with Gasteiger partial charge in [-0.05, 0) is 37.1 Å². The van der Waals surface area contributed by atoms with E-state index in [1.165, 1.54) is 0 Å². The minimum atomic E-state index is -0.651. The van der Waals surface area contributed by atoms with Gasteiger partial charge in [0.25, 0.3) is 5.91 Å². The van der Waals surface area contributed by atoms with Crippen molar-refractivity contribution in [3.63, 3.8) is 0 Å². The van der Waals surface area contributed by atoms with Crippen LogP contribution in [0.15, 0.2) is 36.4 Å². The van der Waals surface area contributed by atoms with Crippen LogP contribution in [0.2, 0.25) is 0 Å². The van der Waals surface area contributed by atoms with E-state index < -0.39 is 6.10 Å². The van der Waals surface area contributed by atoms with Crippen molar-refractivity contribution in [3.8, 4) is 0 Å². The maximum absolute atomic E-state index is 12.7. The van der Waals surface area contributed by atoms with E-state index in [1.54, 1.807) is 0 Å². The van der Waals surface area contributed by atoms with Crippen molar-refractivity contribution in [2.75, 3.05) is 6.54 Å². The number of fused-ring (bicyclic) bond motifs is 1. The SMILES string of the molecule is CC(C)(C)NC(=O)c1c(CC(O)CN)ccc2ccccc12. The topological polar surface area (TPSA) is 75.3 Å². The molecule has 1 unspecified atom stereocenters. The van der Waals surface area contributed by atoms with Gasteiger partial charge in [-0.25, -0.2) is 0 Å². The number of nitrogens with two attached hydrogens (primary N) is 1. The summed E-state index contributed by atoms with van der Waals surface area (Å²) in [5, 5.41) is 14.8. The lowest BCUT2D eigenvalue weighted by atomic mass is 9.94. The van der Waals surface area contributed by atoms with Crippen LogP contribution in [0.1, 0.15) is 36.7 Å². The molecule has 22 heavy (non-hydrogen) atoms. The first-order valence-corrected chi connectivity index (χ1v) is 7.53. The van der Waals surface area contributed by atoms with Crippen LogP contribution in [-0.2, 0) is 6.42 Å². The molecule has 4 nitrogen and oxygen atoms in total. The van der Waals surface area contributed by atoms with E-state index in [2.05, 4.69) is 5.32 Å². The summed E-state index contributed by atoms with van der Waals surface area (Å²) >= 11 is 0. The van der Waals surface area contributed by atoms with Gasteiger partial charge in [-0.15, -0.1) is 0 Å². The molecule has 0 bridgehead atoms. The van der Waals surface area contributed by atoms with Crippen molar-refractivity contribution < 1.29 is 9.90 Å². The van der Waals surface area contributed by atoms with Gasteiger partial charge in [0.05, 0.1) is 11.7 Å². The molecule has 0 fully saturated rings. The number of hydrogen-bond donors (Lipinski definition) is 3. The fourth-order valence-electron chi connectivity index (χ4n) is 2.50. The first-order valence-electron chi connectivity index (χ1n) is 7.53. The average molecular weight is 300 g/mol. The zero-order valence-corrected chi connectivity index (χ0v) is 13.4. The van der Waals surface area contributed by atoms with Gasteiger partial charge in [0, 0.05) is 18.5 Å². The van der Waals surface area contributed by atoms with Gasteiger partial charge in [0.15, 0.2) is 0 Å². The predicted molar refractivity (Wildman–Crippen MR) is 89.9 cm³/mol. The summed E-state index contributed by atoms with van der Waals surface area (Å²) < 4.78 is 0. The molecular formula is C18H24N2O2. The molecule has 2 aromatic carbocycles. The third kappa shape index (κ3) is 3.84. The van der Waals surface area contributed by atoms with Gasteiger partial charge in [-0.2, -0.15) is 0 Å². The van der Waals surface area contributed by atoms with Gasteiger partial charge < -0.3 is 16.2 Å². The van der Waals surface area contributed by atoms with Crippen molar-refractivity contribution in [1.82, 2.24) is 5.32 Å². The highest BCUT2D eigenvalue weighted by Crippen LogP contribution is 2.24. The lowest BCUT2D eigenvalue weighted by Gasteiger charge is -2.23. The zero-order valence-electron chi connectivity index (χ0n) is 13.4. The summed E-state index contributed by atoms with van der Waals surface area (Å²) in [6, 6.07) is 11.7. The molecule has 0 aliphatic rings. The van der Waals surface area contributed by atoms with E-state index in [9.17, 15) is 9.90 Å². The van der Waals surface area contributed by atoms with E-state index in [-0.39, 0.29) is 18.0 Å². The predicted octanol–water partition coefficient (Wildman–Crippen LogP) is 2.23.